The molecule has 32 heavy (non-hydrogen) atoms. The first-order chi connectivity index (χ1) is 15.2. The standard InChI is InChI=1S/C22H31N3O5S2/c1-23(2)14-15-24(13-12-20-6-4-3-5-7-20)31(26,27)21-8-10-22(11-9-21)32(28,29)25-16-18-30-19-17-25/h3-11H,12-19H2,1-2H3. The van der Waals surface area contributed by atoms with Gasteiger partial charge in [0.05, 0.1) is 23.0 Å². The minimum Gasteiger partial charge on any atom is -0.379 e. The van der Waals surface area contributed by atoms with E-state index >= 15 is 0 Å². The second-order valence-electron chi connectivity index (χ2n) is 7.93. The lowest BCUT2D eigenvalue weighted by atomic mass is 10.1. The van der Waals surface area contributed by atoms with Crippen LogP contribution in [-0.2, 0) is 31.2 Å². The van der Waals surface area contributed by atoms with Crippen molar-refractivity contribution in [2.24, 2.45) is 0 Å². The summed E-state index contributed by atoms with van der Waals surface area (Å²) in [5.41, 5.74) is 1.06. The highest BCUT2D eigenvalue weighted by Crippen LogP contribution is 2.22. The molecule has 0 aromatic heterocycles. The first-order valence-electron chi connectivity index (χ1n) is 10.6. The van der Waals surface area contributed by atoms with Crippen molar-refractivity contribution >= 4 is 20.0 Å². The van der Waals surface area contributed by atoms with E-state index in [0.717, 1.165) is 5.56 Å². The Hall–Kier alpha value is -1.82. The van der Waals surface area contributed by atoms with Crippen LogP contribution in [0.1, 0.15) is 5.56 Å². The van der Waals surface area contributed by atoms with Crippen molar-refractivity contribution in [3.63, 3.8) is 0 Å². The Kier molecular flexibility index (Phi) is 8.43. The van der Waals surface area contributed by atoms with Crippen LogP contribution in [0.15, 0.2) is 64.4 Å². The molecule has 1 aliphatic heterocycles. The molecule has 176 valence electrons. The first kappa shape index (κ1) is 24.8. The van der Waals surface area contributed by atoms with Gasteiger partial charge in [-0.1, -0.05) is 30.3 Å². The van der Waals surface area contributed by atoms with Crippen LogP contribution in [0.25, 0.3) is 0 Å². The largest absolute Gasteiger partial charge is 0.379 e. The van der Waals surface area contributed by atoms with Crippen LogP contribution in [0, 0.1) is 0 Å². The maximum Gasteiger partial charge on any atom is 0.243 e. The van der Waals surface area contributed by atoms with Gasteiger partial charge in [-0.25, -0.2) is 16.8 Å². The molecule has 0 amide bonds. The molecule has 8 nitrogen and oxygen atoms in total. The summed E-state index contributed by atoms with van der Waals surface area (Å²) in [5, 5.41) is 0. The van der Waals surface area contributed by atoms with Crippen molar-refractivity contribution < 1.29 is 21.6 Å². The van der Waals surface area contributed by atoms with Gasteiger partial charge in [0.2, 0.25) is 20.0 Å². The molecule has 3 rings (SSSR count). The van der Waals surface area contributed by atoms with E-state index in [9.17, 15) is 16.8 Å². The molecule has 1 fully saturated rings. The Morgan fingerprint density at radius 1 is 0.812 bits per heavy atom. The van der Waals surface area contributed by atoms with Crippen LogP contribution in [0.3, 0.4) is 0 Å². The SMILES string of the molecule is CN(C)CCN(CCc1ccccc1)S(=O)(=O)c1ccc(S(=O)(=O)N2CCOCC2)cc1. The number of likely N-dealkylation sites (N-methyl/N-ethyl adjacent to an activating group) is 1. The molecule has 2 aromatic rings. The van der Waals surface area contributed by atoms with E-state index in [0.29, 0.717) is 52.4 Å². The highest BCUT2D eigenvalue weighted by atomic mass is 32.2. The van der Waals surface area contributed by atoms with E-state index in [-0.39, 0.29) is 9.79 Å². The fraction of sp³-hybridized carbons (Fsp3) is 0.455. The third kappa shape index (κ3) is 6.15. The fourth-order valence-electron chi connectivity index (χ4n) is 3.43. The maximum atomic E-state index is 13.4. The lowest BCUT2D eigenvalue weighted by molar-refractivity contribution is 0.0730. The van der Waals surface area contributed by atoms with Crippen LogP contribution in [0.2, 0.25) is 0 Å². The van der Waals surface area contributed by atoms with Crippen LogP contribution in [0.4, 0.5) is 0 Å². The Balaban J connectivity index is 1.80. The van der Waals surface area contributed by atoms with Gasteiger partial charge in [-0.2, -0.15) is 8.61 Å². The van der Waals surface area contributed by atoms with Gasteiger partial charge in [-0.05, 0) is 50.3 Å². The summed E-state index contributed by atoms with van der Waals surface area (Å²) in [4.78, 5) is 2.11. The fourth-order valence-corrected chi connectivity index (χ4v) is 6.27. The van der Waals surface area contributed by atoms with Gasteiger partial charge in [0.1, 0.15) is 0 Å². The van der Waals surface area contributed by atoms with Crippen molar-refractivity contribution in [2.45, 2.75) is 16.2 Å². The molecule has 1 heterocycles. The van der Waals surface area contributed by atoms with Crippen LogP contribution < -0.4 is 0 Å². The summed E-state index contributed by atoms with van der Waals surface area (Å²) >= 11 is 0. The third-order valence-corrected chi connectivity index (χ3v) is 9.18. The molecule has 0 saturated carbocycles. The monoisotopic (exact) mass is 481 g/mol. The van der Waals surface area contributed by atoms with Crippen LogP contribution in [0.5, 0.6) is 0 Å². The van der Waals surface area contributed by atoms with Crippen molar-refractivity contribution in [2.75, 3.05) is 60.0 Å². The molecule has 0 N–H and O–H groups in total. The first-order valence-corrected chi connectivity index (χ1v) is 13.5. The Morgan fingerprint density at radius 3 is 2.00 bits per heavy atom. The number of hydrogen-bond donors (Lipinski definition) is 0. The summed E-state index contributed by atoms with van der Waals surface area (Å²) in [6.45, 7) is 2.56. The van der Waals surface area contributed by atoms with E-state index in [1.165, 1.54) is 32.9 Å². The van der Waals surface area contributed by atoms with Crippen molar-refractivity contribution in [1.82, 2.24) is 13.5 Å². The molecular formula is C22H31N3O5S2. The Morgan fingerprint density at radius 2 is 1.41 bits per heavy atom. The summed E-state index contributed by atoms with van der Waals surface area (Å²) in [5.74, 6) is 0. The van der Waals surface area contributed by atoms with Gasteiger partial charge in [0, 0.05) is 32.7 Å². The van der Waals surface area contributed by atoms with Crippen molar-refractivity contribution in [3.8, 4) is 0 Å². The molecule has 0 atom stereocenters. The highest BCUT2D eigenvalue weighted by Gasteiger charge is 2.28. The molecule has 0 unspecified atom stereocenters. The number of ether oxygens (including phenoxy) is 1. The average Bonchev–Trinajstić information content (AvgIpc) is 2.80. The Bertz CT molecular complexity index is 1070. The maximum absolute atomic E-state index is 13.4. The minimum atomic E-state index is -3.78. The molecule has 0 radical (unpaired) electrons. The number of morpholine rings is 1. The number of rotatable bonds is 10. The quantitative estimate of drug-likeness (QED) is 0.511. The molecule has 1 saturated heterocycles. The third-order valence-electron chi connectivity index (χ3n) is 5.36. The molecule has 0 bridgehead atoms. The topological polar surface area (TPSA) is 87.2 Å². The van der Waals surface area contributed by atoms with E-state index in [4.69, 9.17) is 4.74 Å². The summed E-state index contributed by atoms with van der Waals surface area (Å²) in [6, 6.07) is 15.3. The van der Waals surface area contributed by atoms with E-state index in [1.54, 1.807) is 0 Å². The normalized spacial score (nSPS) is 16.0. The lowest BCUT2D eigenvalue weighted by Gasteiger charge is -2.26. The number of nitrogens with zero attached hydrogens (tertiary/aromatic N) is 3. The average molecular weight is 482 g/mol. The minimum absolute atomic E-state index is 0.0856. The predicted molar refractivity (Wildman–Crippen MR) is 123 cm³/mol. The zero-order chi connectivity index (χ0) is 23.2. The van der Waals surface area contributed by atoms with Crippen molar-refractivity contribution in [3.05, 3.63) is 60.2 Å². The van der Waals surface area contributed by atoms with Crippen molar-refractivity contribution in [1.29, 1.82) is 0 Å². The summed E-state index contributed by atoms with van der Waals surface area (Å²) in [7, 11) is -3.66. The summed E-state index contributed by atoms with van der Waals surface area (Å²) < 4.78 is 60.4. The van der Waals surface area contributed by atoms with Gasteiger partial charge in [-0.3, -0.25) is 0 Å². The van der Waals surface area contributed by atoms with Gasteiger partial charge in [-0.15, -0.1) is 0 Å². The van der Waals surface area contributed by atoms with Gasteiger partial charge >= 0.3 is 0 Å². The molecule has 2 aromatic carbocycles. The predicted octanol–water partition coefficient (Wildman–Crippen LogP) is 1.50. The van der Waals surface area contributed by atoms with Gasteiger partial charge in [0.25, 0.3) is 0 Å². The zero-order valence-electron chi connectivity index (χ0n) is 18.6. The second kappa shape index (κ2) is 10.9. The van der Waals surface area contributed by atoms with Gasteiger partial charge < -0.3 is 9.64 Å². The molecule has 0 spiro atoms. The van der Waals surface area contributed by atoms with Crippen LogP contribution in [-0.4, -0.2) is 90.4 Å². The van der Waals surface area contributed by atoms with Gasteiger partial charge in [0.15, 0.2) is 0 Å². The van der Waals surface area contributed by atoms with E-state index < -0.39 is 20.0 Å². The van der Waals surface area contributed by atoms with Crippen LogP contribution >= 0.6 is 0 Å². The molecule has 1 aliphatic rings. The lowest BCUT2D eigenvalue weighted by Crippen LogP contribution is -2.40. The second-order valence-corrected chi connectivity index (χ2v) is 11.8. The van der Waals surface area contributed by atoms with E-state index in [1.807, 2.05) is 49.3 Å². The zero-order valence-corrected chi connectivity index (χ0v) is 20.2. The number of sulfonamides is 2. The number of benzene rings is 2. The smallest absolute Gasteiger partial charge is 0.243 e. The highest BCUT2D eigenvalue weighted by molar-refractivity contribution is 7.89. The molecular weight excluding hydrogens is 450 g/mol. The molecule has 10 heteroatoms. The Labute approximate surface area is 191 Å². The summed E-state index contributed by atoms with van der Waals surface area (Å²) in [6.07, 6.45) is 0.594. The number of hydrogen-bond acceptors (Lipinski definition) is 6. The molecule has 0 aliphatic carbocycles. The van der Waals surface area contributed by atoms with E-state index in [2.05, 4.69) is 0 Å².